The first kappa shape index (κ1) is 16.5. The second kappa shape index (κ2) is 7.88. The van der Waals surface area contributed by atoms with Crippen LogP contribution >= 0.6 is 0 Å². The zero-order valence-corrected chi connectivity index (χ0v) is 11.3. The Bertz CT molecular complexity index is 412. The van der Waals surface area contributed by atoms with Gasteiger partial charge in [-0.3, -0.25) is 0 Å². The van der Waals surface area contributed by atoms with E-state index in [4.69, 9.17) is 5.11 Å². The fraction of sp³-hybridized carbons (Fsp3) is 0.667. The van der Waals surface area contributed by atoms with Crippen molar-refractivity contribution in [1.82, 2.24) is 9.97 Å². The Kier molecular flexibility index (Phi) is 6.50. The average Bonchev–Trinajstić information content (AvgIpc) is 2.40. The number of nitrogens with one attached hydrogen (secondary N) is 2. The minimum absolute atomic E-state index is 0.0358. The van der Waals surface area contributed by atoms with E-state index in [-0.39, 0.29) is 18.4 Å². The van der Waals surface area contributed by atoms with Gasteiger partial charge in [0.1, 0.15) is 5.82 Å². The molecule has 0 amide bonds. The first-order valence-electron chi connectivity index (χ1n) is 6.52. The third kappa shape index (κ3) is 5.60. The molecular formula is C12H19F3N4O. The van der Waals surface area contributed by atoms with E-state index in [0.717, 1.165) is 12.5 Å². The highest BCUT2D eigenvalue weighted by Crippen LogP contribution is 2.29. The predicted molar refractivity (Wildman–Crippen MR) is 70.6 cm³/mol. The SMILES string of the molecule is CCCNc1nc(NCCCCO)cc(C(F)(F)F)n1. The van der Waals surface area contributed by atoms with E-state index in [9.17, 15) is 13.2 Å². The van der Waals surface area contributed by atoms with E-state index in [2.05, 4.69) is 20.6 Å². The number of unbranched alkanes of at least 4 members (excludes halogenated alkanes) is 1. The maximum atomic E-state index is 12.7. The molecule has 8 heteroatoms. The van der Waals surface area contributed by atoms with Crippen molar-refractivity contribution in [2.45, 2.75) is 32.4 Å². The molecule has 0 fully saturated rings. The molecule has 0 spiro atoms. The Balaban J connectivity index is 2.80. The molecule has 0 saturated heterocycles. The van der Waals surface area contributed by atoms with Gasteiger partial charge in [-0.25, -0.2) is 4.98 Å². The lowest BCUT2D eigenvalue weighted by Crippen LogP contribution is -2.15. The van der Waals surface area contributed by atoms with E-state index in [1.807, 2.05) is 6.92 Å². The minimum Gasteiger partial charge on any atom is -0.396 e. The van der Waals surface area contributed by atoms with Crippen LogP contribution in [0.1, 0.15) is 31.9 Å². The fourth-order valence-corrected chi connectivity index (χ4v) is 1.45. The highest BCUT2D eigenvalue weighted by atomic mass is 19.4. The van der Waals surface area contributed by atoms with Gasteiger partial charge in [-0.05, 0) is 19.3 Å². The number of hydrogen-bond donors (Lipinski definition) is 3. The Morgan fingerprint density at radius 3 is 2.50 bits per heavy atom. The van der Waals surface area contributed by atoms with Gasteiger partial charge in [-0.15, -0.1) is 0 Å². The molecule has 1 rings (SSSR count). The first-order valence-corrected chi connectivity index (χ1v) is 6.52. The van der Waals surface area contributed by atoms with Crippen LogP contribution < -0.4 is 10.6 Å². The maximum Gasteiger partial charge on any atom is 0.433 e. The van der Waals surface area contributed by atoms with Crippen LogP contribution in [0.5, 0.6) is 0 Å². The van der Waals surface area contributed by atoms with Crippen molar-refractivity contribution in [3.05, 3.63) is 11.8 Å². The van der Waals surface area contributed by atoms with Gasteiger partial charge in [-0.2, -0.15) is 18.2 Å². The van der Waals surface area contributed by atoms with E-state index in [1.54, 1.807) is 0 Å². The molecule has 20 heavy (non-hydrogen) atoms. The van der Waals surface area contributed by atoms with Crippen molar-refractivity contribution < 1.29 is 18.3 Å². The largest absolute Gasteiger partial charge is 0.433 e. The van der Waals surface area contributed by atoms with E-state index in [0.29, 0.717) is 25.9 Å². The number of alkyl halides is 3. The number of anilines is 2. The third-order valence-corrected chi connectivity index (χ3v) is 2.44. The Labute approximate surface area is 115 Å². The third-order valence-electron chi connectivity index (χ3n) is 2.44. The summed E-state index contributed by atoms with van der Waals surface area (Å²) >= 11 is 0. The zero-order chi connectivity index (χ0) is 15.0. The first-order chi connectivity index (χ1) is 9.47. The maximum absolute atomic E-state index is 12.7. The smallest absolute Gasteiger partial charge is 0.396 e. The molecule has 5 nitrogen and oxygen atoms in total. The second-order valence-electron chi connectivity index (χ2n) is 4.24. The summed E-state index contributed by atoms with van der Waals surface area (Å²) < 4.78 is 38.2. The fourth-order valence-electron chi connectivity index (χ4n) is 1.45. The highest BCUT2D eigenvalue weighted by molar-refractivity contribution is 5.43. The molecule has 3 N–H and O–H groups in total. The molecule has 0 radical (unpaired) electrons. The minimum atomic E-state index is -4.51. The molecule has 114 valence electrons. The molecule has 0 aliphatic rings. The van der Waals surface area contributed by atoms with Crippen molar-refractivity contribution in [3.8, 4) is 0 Å². The number of rotatable bonds is 8. The van der Waals surface area contributed by atoms with Gasteiger partial charge in [0.15, 0.2) is 5.69 Å². The lowest BCUT2D eigenvalue weighted by Gasteiger charge is -2.12. The number of hydrogen-bond acceptors (Lipinski definition) is 5. The Hall–Kier alpha value is -1.57. The van der Waals surface area contributed by atoms with Crippen LogP contribution in [0.3, 0.4) is 0 Å². The average molecular weight is 292 g/mol. The van der Waals surface area contributed by atoms with Crippen LogP contribution in [0.2, 0.25) is 0 Å². The summed E-state index contributed by atoms with van der Waals surface area (Å²) in [5.74, 6) is 0.0928. The second-order valence-corrected chi connectivity index (χ2v) is 4.24. The number of aliphatic hydroxyl groups excluding tert-OH is 1. The summed E-state index contributed by atoms with van der Waals surface area (Å²) in [6.45, 7) is 2.91. The summed E-state index contributed by atoms with van der Waals surface area (Å²) in [5, 5.41) is 14.2. The van der Waals surface area contributed by atoms with Gasteiger partial charge in [0.2, 0.25) is 5.95 Å². The van der Waals surface area contributed by atoms with Gasteiger partial charge in [0, 0.05) is 25.8 Å². The van der Waals surface area contributed by atoms with E-state index < -0.39 is 11.9 Å². The molecule has 0 aliphatic carbocycles. The highest BCUT2D eigenvalue weighted by Gasteiger charge is 2.33. The molecule has 0 aromatic carbocycles. The normalized spacial score (nSPS) is 11.4. The molecule has 0 atom stereocenters. The van der Waals surface area contributed by atoms with Gasteiger partial charge in [-0.1, -0.05) is 6.92 Å². The van der Waals surface area contributed by atoms with Crippen LogP contribution in [0.25, 0.3) is 0 Å². The van der Waals surface area contributed by atoms with Crippen molar-refractivity contribution >= 4 is 11.8 Å². The van der Waals surface area contributed by atoms with Gasteiger partial charge >= 0.3 is 6.18 Å². The summed E-state index contributed by atoms with van der Waals surface area (Å²) in [4.78, 5) is 7.45. The van der Waals surface area contributed by atoms with Crippen molar-refractivity contribution in [3.63, 3.8) is 0 Å². The quantitative estimate of drug-likeness (QED) is 0.642. The summed E-state index contributed by atoms with van der Waals surface area (Å²) in [5.41, 5.74) is -0.976. The molecule has 0 aliphatic heterocycles. The Morgan fingerprint density at radius 2 is 1.90 bits per heavy atom. The Morgan fingerprint density at radius 1 is 1.15 bits per heavy atom. The summed E-state index contributed by atoms with van der Waals surface area (Å²) in [7, 11) is 0. The van der Waals surface area contributed by atoms with E-state index in [1.165, 1.54) is 0 Å². The molecule has 1 heterocycles. The predicted octanol–water partition coefficient (Wildman–Crippen LogP) is 2.50. The summed E-state index contributed by atoms with van der Waals surface area (Å²) in [6.07, 6.45) is -2.50. The molecule has 1 aromatic rings. The number of halogens is 3. The van der Waals surface area contributed by atoms with Gasteiger partial charge in [0.05, 0.1) is 0 Å². The lowest BCUT2D eigenvalue weighted by atomic mass is 10.3. The van der Waals surface area contributed by atoms with Crippen LogP contribution in [-0.2, 0) is 6.18 Å². The van der Waals surface area contributed by atoms with Gasteiger partial charge in [0.25, 0.3) is 0 Å². The molecule has 1 aromatic heterocycles. The standard InChI is InChI=1S/C12H19F3N4O/c1-2-5-17-11-18-9(12(13,14)15)8-10(19-11)16-6-3-4-7-20/h8,20H,2-7H2,1H3,(H2,16,17,18,19). The number of aliphatic hydroxyl groups is 1. The zero-order valence-electron chi connectivity index (χ0n) is 11.3. The van der Waals surface area contributed by atoms with Crippen molar-refractivity contribution in [2.24, 2.45) is 0 Å². The number of aromatic nitrogens is 2. The van der Waals surface area contributed by atoms with E-state index >= 15 is 0 Å². The lowest BCUT2D eigenvalue weighted by molar-refractivity contribution is -0.141. The monoisotopic (exact) mass is 292 g/mol. The van der Waals surface area contributed by atoms with Crippen molar-refractivity contribution in [2.75, 3.05) is 30.3 Å². The molecule has 0 saturated carbocycles. The topological polar surface area (TPSA) is 70.1 Å². The van der Waals surface area contributed by atoms with Crippen LogP contribution in [0.15, 0.2) is 6.07 Å². The van der Waals surface area contributed by atoms with Crippen LogP contribution in [0.4, 0.5) is 24.9 Å². The van der Waals surface area contributed by atoms with Gasteiger partial charge < -0.3 is 15.7 Å². The number of nitrogens with zero attached hydrogens (tertiary/aromatic N) is 2. The van der Waals surface area contributed by atoms with Crippen molar-refractivity contribution in [1.29, 1.82) is 0 Å². The molecule has 0 bridgehead atoms. The molecule has 0 unspecified atom stereocenters. The van der Waals surface area contributed by atoms with Crippen LogP contribution in [0, 0.1) is 0 Å². The summed E-state index contributed by atoms with van der Waals surface area (Å²) in [6, 6.07) is 0.885. The molecular weight excluding hydrogens is 273 g/mol. The van der Waals surface area contributed by atoms with Crippen LogP contribution in [-0.4, -0.2) is 34.8 Å².